The lowest BCUT2D eigenvalue weighted by Gasteiger charge is -2.23. The predicted molar refractivity (Wildman–Crippen MR) is 92.7 cm³/mol. The van der Waals surface area contributed by atoms with Crippen LogP contribution < -0.4 is 15.0 Å². The van der Waals surface area contributed by atoms with E-state index in [0.717, 1.165) is 11.4 Å². The molecule has 1 N–H and O–H groups in total. The third-order valence-corrected chi connectivity index (χ3v) is 3.20. The summed E-state index contributed by atoms with van der Waals surface area (Å²) >= 11 is 0. The summed E-state index contributed by atoms with van der Waals surface area (Å²) < 4.78 is 5.60. The highest BCUT2D eigenvalue weighted by molar-refractivity contribution is 5.91. The van der Waals surface area contributed by atoms with Gasteiger partial charge in [0.15, 0.2) is 0 Å². The Balaban J connectivity index is 2.68. The normalized spacial score (nSPS) is 11.3. The lowest BCUT2D eigenvalue weighted by molar-refractivity contribution is -0.128. The summed E-state index contributed by atoms with van der Waals surface area (Å²) in [6.07, 6.45) is 0.109. The SMILES string of the molecule is CC(=O)N(CCNC(=O)C(C)(C)C)c1ccc(OC(C)C)cc1. The van der Waals surface area contributed by atoms with Crippen LogP contribution in [0.4, 0.5) is 5.69 Å². The van der Waals surface area contributed by atoms with Crippen LogP contribution in [-0.4, -0.2) is 31.0 Å². The number of amides is 2. The first kappa shape index (κ1) is 19.0. The van der Waals surface area contributed by atoms with Crippen molar-refractivity contribution in [2.75, 3.05) is 18.0 Å². The van der Waals surface area contributed by atoms with Gasteiger partial charge < -0.3 is 15.0 Å². The predicted octanol–water partition coefficient (Wildman–Crippen LogP) is 2.99. The Hall–Kier alpha value is -2.04. The highest BCUT2D eigenvalue weighted by Gasteiger charge is 2.21. The van der Waals surface area contributed by atoms with Gasteiger partial charge in [-0.2, -0.15) is 0 Å². The van der Waals surface area contributed by atoms with E-state index in [0.29, 0.717) is 13.1 Å². The van der Waals surface area contributed by atoms with E-state index >= 15 is 0 Å². The molecule has 0 saturated heterocycles. The standard InChI is InChI=1S/C18H28N2O3/c1-13(2)23-16-9-7-15(8-10-16)20(14(3)21)12-11-19-17(22)18(4,5)6/h7-10,13H,11-12H2,1-6H3,(H,19,22). The quantitative estimate of drug-likeness (QED) is 0.876. The van der Waals surface area contributed by atoms with E-state index in [2.05, 4.69) is 5.32 Å². The summed E-state index contributed by atoms with van der Waals surface area (Å²) in [5.74, 6) is 0.683. The molecule has 0 aliphatic rings. The number of ether oxygens (including phenoxy) is 1. The molecule has 0 atom stereocenters. The van der Waals surface area contributed by atoms with Crippen molar-refractivity contribution in [3.63, 3.8) is 0 Å². The second-order valence-corrected chi connectivity index (χ2v) is 6.84. The molecule has 0 heterocycles. The maximum Gasteiger partial charge on any atom is 0.225 e. The van der Waals surface area contributed by atoms with E-state index in [1.807, 2.05) is 58.9 Å². The van der Waals surface area contributed by atoms with Gasteiger partial charge in [-0.1, -0.05) is 20.8 Å². The smallest absolute Gasteiger partial charge is 0.225 e. The van der Waals surface area contributed by atoms with Gasteiger partial charge in [0.05, 0.1) is 6.10 Å². The van der Waals surface area contributed by atoms with Crippen molar-refractivity contribution in [2.45, 2.75) is 47.6 Å². The lowest BCUT2D eigenvalue weighted by atomic mass is 9.96. The third-order valence-electron chi connectivity index (χ3n) is 3.20. The molecule has 2 amide bonds. The highest BCUT2D eigenvalue weighted by Crippen LogP contribution is 2.20. The van der Waals surface area contributed by atoms with Crippen LogP contribution >= 0.6 is 0 Å². The Kier molecular flexibility index (Phi) is 6.61. The number of rotatable bonds is 6. The zero-order valence-electron chi connectivity index (χ0n) is 15.0. The number of anilines is 1. The van der Waals surface area contributed by atoms with Crippen LogP contribution in [0.25, 0.3) is 0 Å². The summed E-state index contributed by atoms with van der Waals surface area (Å²) in [6, 6.07) is 7.40. The van der Waals surface area contributed by atoms with Crippen molar-refractivity contribution >= 4 is 17.5 Å². The minimum absolute atomic E-state index is 0.0262. The largest absolute Gasteiger partial charge is 0.491 e. The topological polar surface area (TPSA) is 58.6 Å². The van der Waals surface area contributed by atoms with Gasteiger partial charge >= 0.3 is 0 Å². The summed E-state index contributed by atoms with van der Waals surface area (Å²) in [5.41, 5.74) is 0.357. The molecule has 5 heteroatoms. The molecule has 0 fully saturated rings. The monoisotopic (exact) mass is 320 g/mol. The van der Waals surface area contributed by atoms with Crippen molar-refractivity contribution in [1.29, 1.82) is 0 Å². The maximum absolute atomic E-state index is 11.9. The zero-order valence-corrected chi connectivity index (χ0v) is 15.0. The van der Waals surface area contributed by atoms with Gasteiger partial charge in [0.2, 0.25) is 11.8 Å². The van der Waals surface area contributed by atoms with Crippen LogP contribution in [0.15, 0.2) is 24.3 Å². The van der Waals surface area contributed by atoms with Crippen LogP contribution in [0.5, 0.6) is 5.75 Å². The maximum atomic E-state index is 11.9. The molecule has 0 spiro atoms. The molecule has 128 valence electrons. The van der Waals surface area contributed by atoms with E-state index in [4.69, 9.17) is 4.74 Å². The summed E-state index contributed by atoms with van der Waals surface area (Å²) in [6.45, 7) is 11.9. The van der Waals surface area contributed by atoms with Crippen molar-refractivity contribution < 1.29 is 14.3 Å². The Morgan fingerprint density at radius 1 is 1.17 bits per heavy atom. The molecular formula is C18H28N2O3. The van der Waals surface area contributed by atoms with E-state index in [1.165, 1.54) is 6.92 Å². The summed E-state index contributed by atoms with van der Waals surface area (Å²) in [5, 5.41) is 2.86. The Morgan fingerprint density at radius 3 is 2.17 bits per heavy atom. The Bertz CT molecular complexity index is 530. The van der Waals surface area contributed by atoms with Gasteiger partial charge in [-0.05, 0) is 38.1 Å². The van der Waals surface area contributed by atoms with Crippen molar-refractivity contribution in [3.05, 3.63) is 24.3 Å². The van der Waals surface area contributed by atoms with Crippen molar-refractivity contribution in [2.24, 2.45) is 5.41 Å². The highest BCUT2D eigenvalue weighted by atomic mass is 16.5. The van der Waals surface area contributed by atoms with Crippen LogP contribution in [0, 0.1) is 5.41 Å². The van der Waals surface area contributed by atoms with Gasteiger partial charge in [0, 0.05) is 31.1 Å². The van der Waals surface area contributed by atoms with E-state index in [9.17, 15) is 9.59 Å². The average Bonchev–Trinajstić information content (AvgIpc) is 2.42. The van der Waals surface area contributed by atoms with E-state index in [1.54, 1.807) is 4.90 Å². The molecular weight excluding hydrogens is 292 g/mol. The average molecular weight is 320 g/mol. The number of hydrogen-bond donors (Lipinski definition) is 1. The fraction of sp³-hybridized carbons (Fsp3) is 0.556. The molecule has 0 bridgehead atoms. The molecule has 1 rings (SSSR count). The Morgan fingerprint density at radius 2 is 1.74 bits per heavy atom. The Labute approximate surface area is 139 Å². The van der Waals surface area contributed by atoms with Gasteiger partial charge in [-0.15, -0.1) is 0 Å². The molecule has 1 aromatic rings. The molecule has 0 unspecified atom stereocenters. The molecule has 0 radical (unpaired) electrons. The number of carbonyl (C=O) groups is 2. The first-order valence-corrected chi connectivity index (χ1v) is 7.94. The molecule has 0 saturated carbocycles. The third kappa shape index (κ3) is 6.30. The molecule has 0 aliphatic heterocycles. The van der Waals surface area contributed by atoms with E-state index < -0.39 is 5.41 Å². The number of nitrogens with zero attached hydrogens (tertiary/aromatic N) is 1. The van der Waals surface area contributed by atoms with Crippen LogP contribution in [0.3, 0.4) is 0 Å². The first-order valence-electron chi connectivity index (χ1n) is 7.94. The minimum atomic E-state index is -0.434. The van der Waals surface area contributed by atoms with Crippen LogP contribution in [0.1, 0.15) is 41.5 Å². The summed E-state index contributed by atoms with van der Waals surface area (Å²) in [4.78, 5) is 25.4. The van der Waals surface area contributed by atoms with E-state index in [-0.39, 0.29) is 17.9 Å². The summed E-state index contributed by atoms with van der Waals surface area (Å²) in [7, 11) is 0. The van der Waals surface area contributed by atoms with Crippen LogP contribution in [-0.2, 0) is 9.59 Å². The zero-order chi connectivity index (χ0) is 17.6. The minimum Gasteiger partial charge on any atom is -0.491 e. The van der Waals surface area contributed by atoms with Crippen molar-refractivity contribution in [1.82, 2.24) is 5.32 Å². The number of carbonyl (C=O) groups excluding carboxylic acids is 2. The second kappa shape index (κ2) is 7.99. The number of nitrogens with one attached hydrogen (secondary N) is 1. The van der Waals surface area contributed by atoms with Crippen molar-refractivity contribution in [3.8, 4) is 5.75 Å². The molecule has 0 aromatic heterocycles. The van der Waals surface area contributed by atoms with Gasteiger partial charge in [0.1, 0.15) is 5.75 Å². The van der Waals surface area contributed by atoms with Crippen LogP contribution in [0.2, 0.25) is 0 Å². The fourth-order valence-corrected chi connectivity index (χ4v) is 1.99. The second-order valence-electron chi connectivity index (χ2n) is 6.84. The molecule has 5 nitrogen and oxygen atoms in total. The molecule has 1 aromatic carbocycles. The number of benzene rings is 1. The molecule has 23 heavy (non-hydrogen) atoms. The van der Waals surface area contributed by atoms with Gasteiger partial charge in [-0.25, -0.2) is 0 Å². The van der Waals surface area contributed by atoms with Gasteiger partial charge in [-0.3, -0.25) is 9.59 Å². The fourth-order valence-electron chi connectivity index (χ4n) is 1.99. The molecule has 0 aliphatic carbocycles. The number of hydrogen-bond acceptors (Lipinski definition) is 3. The first-order chi connectivity index (χ1) is 10.6. The lowest BCUT2D eigenvalue weighted by Crippen LogP contribution is -2.41. The van der Waals surface area contributed by atoms with Gasteiger partial charge in [0.25, 0.3) is 0 Å².